The summed E-state index contributed by atoms with van der Waals surface area (Å²) in [5.41, 5.74) is 0.970. The molecule has 1 aromatic carbocycles. The monoisotopic (exact) mass is 376 g/mol. The molecule has 0 bridgehead atoms. The molecule has 0 aliphatic carbocycles. The van der Waals surface area contributed by atoms with Crippen molar-refractivity contribution in [1.29, 1.82) is 0 Å². The lowest BCUT2D eigenvalue weighted by molar-refractivity contribution is -0.124. The minimum absolute atomic E-state index is 0.0136. The lowest BCUT2D eigenvalue weighted by Gasteiger charge is -2.49. The molecule has 27 heavy (non-hydrogen) atoms. The van der Waals surface area contributed by atoms with Gasteiger partial charge in [0, 0.05) is 44.7 Å². The fourth-order valence-electron chi connectivity index (χ4n) is 4.07. The first-order valence-corrected chi connectivity index (χ1v) is 9.68. The van der Waals surface area contributed by atoms with Crippen LogP contribution in [-0.2, 0) is 16.0 Å². The number of hydrogen-bond acceptors (Lipinski definition) is 4. The molecule has 148 valence electrons. The molecule has 0 radical (unpaired) electrons. The number of likely N-dealkylation sites (N-methyl/N-ethyl adjacent to an activating group) is 1. The first-order valence-electron chi connectivity index (χ1n) is 9.68. The van der Waals surface area contributed by atoms with Crippen molar-refractivity contribution in [3.05, 3.63) is 35.6 Å². The number of benzene rings is 1. The largest absolute Gasteiger partial charge is 0.356 e. The summed E-state index contributed by atoms with van der Waals surface area (Å²) in [6, 6.07) is 6.36. The minimum Gasteiger partial charge on any atom is -0.356 e. The number of halogens is 1. The summed E-state index contributed by atoms with van der Waals surface area (Å²) >= 11 is 0. The summed E-state index contributed by atoms with van der Waals surface area (Å²) in [5, 5.41) is 5.91. The molecule has 6 nitrogen and oxygen atoms in total. The molecule has 0 unspecified atom stereocenters. The van der Waals surface area contributed by atoms with Crippen LogP contribution in [0.15, 0.2) is 24.3 Å². The molecule has 0 saturated carbocycles. The topological polar surface area (TPSA) is 64.7 Å². The van der Waals surface area contributed by atoms with Gasteiger partial charge in [-0.2, -0.15) is 0 Å². The van der Waals surface area contributed by atoms with Crippen LogP contribution in [0.4, 0.5) is 4.39 Å². The van der Waals surface area contributed by atoms with Crippen LogP contribution in [0.25, 0.3) is 0 Å². The Morgan fingerprint density at radius 3 is 2.81 bits per heavy atom. The molecule has 1 atom stereocenters. The van der Waals surface area contributed by atoms with Crippen LogP contribution in [0.2, 0.25) is 0 Å². The van der Waals surface area contributed by atoms with E-state index in [1.807, 2.05) is 0 Å². The Bertz CT molecular complexity index is 666. The molecule has 2 heterocycles. The Labute approximate surface area is 160 Å². The Hall–Kier alpha value is -1.99. The molecule has 2 fully saturated rings. The molecule has 2 aliphatic heterocycles. The normalized spacial score (nSPS) is 24.4. The number of carbonyl (C=O) groups excluding carboxylic acids is 2. The highest BCUT2D eigenvalue weighted by atomic mass is 19.1. The maximum Gasteiger partial charge on any atom is 0.234 e. The molecule has 2 aliphatic rings. The van der Waals surface area contributed by atoms with Crippen molar-refractivity contribution in [3.63, 3.8) is 0 Å². The molecular weight excluding hydrogens is 347 g/mol. The highest BCUT2D eigenvalue weighted by molar-refractivity contribution is 5.78. The van der Waals surface area contributed by atoms with Crippen LogP contribution < -0.4 is 10.6 Å². The van der Waals surface area contributed by atoms with Crippen LogP contribution in [0.1, 0.15) is 24.8 Å². The Morgan fingerprint density at radius 1 is 1.26 bits per heavy atom. The SMILES string of the molecule is CN1CCN(CC(=O)NCCc2ccc(F)cc2)C[C@]12CCNC(=O)CC2. The first-order chi connectivity index (χ1) is 13.0. The average Bonchev–Trinajstić information content (AvgIpc) is 2.82. The Balaban J connectivity index is 1.47. The zero-order valence-corrected chi connectivity index (χ0v) is 16.0. The highest BCUT2D eigenvalue weighted by Gasteiger charge is 2.41. The molecule has 2 saturated heterocycles. The van der Waals surface area contributed by atoms with Crippen molar-refractivity contribution >= 4 is 11.8 Å². The van der Waals surface area contributed by atoms with Gasteiger partial charge in [0.1, 0.15) is 5.82 Å². The maximum atomic E-state index is 12.9. The molecule has 2 amide bonds. The number of carbonyl (C=O) groups is 2. The molecule has 7 heteroatoms. The molecule has 0 aromatic heterocycles. The Morgan fingerprint density at radius 2 is 2.04 bits per heavy atom. The van der Waals surface area contributed by atoms with E-state index < -0.39 is 0 Å². The van der Waals surface area contributed by atoms with E-state index in [4.69, 9.17) is 0 Å². The number of hydrogen-bond donors (Lipinski definition) is 2. The van der Waals surface area contributed by atoms with Gasteiger partial charge in [-0.05, 0) is 44.0 Å². The third-order valence-electron chi connectivity index (χ3n) is 5.83. The summed E-state index contributed by atoms with van der Waals surface area (Å²) in [6.07, 6.45) is 2.98. The van der Waals surface area contributed by atoms with Gasteiger partial charge in [-0.15, -0.1) is 0 Å². The van der Waals surface area contributed by atoms with Crippen LogP contribution in [0.3, 0.4) is 0 Å². The van der Waals surface area contributed by atoms with Gasteiger partial charge in [-0.3, -0.25) is 19.4 Å². The van der Waals surface area contributed by atoms with Gasteiger partial charge in [0.15, 0.2) is 0 Å². The van der Waals surface area contributed by atoms with Crippen molar-refractivity contribution < 1.29 is 14.0 Å². The lowest BCUT2D eigenvalue weighted by atomic mass is 9.86. The molecule has 1 spiro atoms. The first kappa shape index (κ1) is 19.8. The average molecular weight is 376 g/mol. The van der Waals surface area contributed by atoms with Crippen LogP contribution in [0, 0.1) is 5.82 Å². The number of piperazine rings is 1. The fourth-order valence-corrected chi connectivity index (χ4v) is 4.07. The van der Waals surface area contributed by atoms with Gasteiger partial charge in [0.2, 0.25) is 11.8 Å². The smallest absolute Gasteiger partial charge is 0.234 e. The molecular formula is C20H29FN4O2. The second kappa shape index (κ2) is 8.80. The summed E-state index contributed by atoms with van der Waals surface area (Å²) in [5.74, 6) is -0.113. The minimum atomic E-state index is -0.248. The van der Waals surface area contributed by atoms with Gasteiger partial charge >= 0.3 is 0 Å². The molecule has 1 aromatic rings. The van der Waals surface area contributed by atoms with Gasteiger partial charge < -0.3 is 10.6 Å². The van der Waals surface area contributed by atoms with Crippen molar-refractivity contribution in [2.24, 2.45) is 0 Å². The maximum absolute atomic E-state index is 12.9. The van der Waals surface area contributed by atoms with Crippen molar-refractivity contribution in [1.82, 2.24) is 20.4 Å². The van der Waals surface area contributed by atoms with E-state index in [0.29, 0.717) is 32.5 Å². The van der Waals surface area contributed by atoms with Crippen molar-refractivity contribution in [3.8, 4) is 0 Å². The lowest BCUT2D eigenvalue weighted by Crippen LogP contribution is -2.62. The van der Waals surface area contributed by atoms with E-state index in [0.717, 1.165) is 38.0 Å². The van der Waals surface area contributed by atoms with Gasteiger partial charge in [0.05, 0.1) is 6.54 Å². The summed E-state index contributed by atoms with van der Waals surface area (Å²) in [4.78, 5) is 28.6. The zero-order chi connectivity index (χ0) is 19.3. The van der Waals surface area contributed by atoms with E-state index in [-0.39, 0.29) is 23.2 Å². The number of nitrogens with one attached hydrogen (secondary N) is 2. The second-order valence-corrected chi connectivity index (χ2v) is 7.68. The molecule has 2 N–H and O–H groups in total. The zero-order valence-electron chi connectivity index (χ0n) is 16.0. The van der Waals surface area contributed by atoms with Crippen LogP contribution in [0.5, 0.6) is 0 Å². The summed E-state index contributed by atoms with van der Waals surface area (Å²) in [7, 11) is 2.12. The predicted octanol–water partition coefficient (Wildman–Crippen LogP) is 0.771. The Kier molecular flexibility index (Phi) is 6.44. The van der Waals surface area contributed by atoms with Gasteiger partial charge in [-0.25, -0.2) is 4.39 Å². The summed E-state index contributed by atoms with van der Waals surface area (Å²) < 4.78 is 12.9. The standard InChI is InChI=1S/C20H29FN4O2/c1-24-12-13-25(15-20(24)8-6-18(26)23-11-9-20)14-19(27)22-10-7-16-2-4-17(21)5-3-16/h2-5H,6-15H2,1H3,(H,22,27)(H,23,26)/t20-/m0/s1. The van der Waals surface area contributed by atoms with Crippen LogP contribution >= 0.6 is 0 Å². The number of rotatable bonds is 5. The predicted molar refractivity (Wildman–Crippen MR) is 102 cm³/mol. The second-order valence-electron chi connectivity index (χ2n) is 7.68. The molecule has 3 rings (SSSR count). The van der Waals surface area contributed by atoms with E-state index >= 15 is 0 Å². The van der Waals surface area contributed by atoms with E-state index in [2.05, 4.69) is 27.5 Å². The number of nitrogens with zero attached hydrogens (tertiary/aromatic N) is 2. The number of amides is 2. The highest BCUT2D eigenvalue weighted by Crippen LogP contribution is 2.30. The van der Waals surface area contributed by atoms with Crippen molar-refractivity contribution in [2.75, 3.05) is 46.3 Å². The fraction of sp³-hybridized carbons (Fsp3) is 0.600. The van der Waals surface area contributed by atoms with Crippen molar-refractivity contribution in [2.45, 2.75) is 31.2 Å². The third kappa shape index (κ3) is 5.26. The van der Waals surface area contributed by atoms with Gasteiger partial charge in [-0.1, -0.05) is 12.1 Å². The quantitative estimate of drug-likeness (QED) is 0.797. The van der Waals surface area contributed by atoms with E-state index in [1.165, 1.54) is 12.1 Å². The van der Waals surface area contributed by atoms with E-state index in [9.17, 15) is 14.0 Å². The van der Waals surface area contributed by atoms with Gasteiger partial charge in [0.25, 0.3) is 0 Å². The third-order valence-corrected chi connectivity index (χ3v) is 5.83. The van der Waals surface area contributed by atoms with E-state index in [1.54, 1.807) is 12.1 Å². The summed E-state index contributed by atoms with van der Waals surface area (Å²) in [6.45, 7) is 4.18. The van der Waals surface area contributed by atoms with Crippen LogP contribution in [-0.4, -0.2) is 73.5 Å².